The van der Waals surface area contributed by atoms with Gasteiger partial charge in [0, 0.05) is 50.8 Å². The van der Waals surface area contributed by atoms with Crippen molar-refractivity contribution in [3.05, 3.63) is 30.5 Å². The molecule has 0 saturated carbocycles. The summed E-state index contributed by atoms with van der Waals surface area (Å²) in [6, 6.07) is 1.75. The Balaban J connectivity index is 1.53. The number of methoxy groups -OCH3 is 1. The van der Waals surface area contributed by atoms with E-state index in [1.807, 2.05) is 17.5 Å². The number of anilines is 2. The number of piperazine rings is 1. The third-order valence-corrected chi connectivity index (χ3v) is 4.17. The number of aromatic nitrogens is 6. The van der Waals surface area contributed by atoms with Gasteiger partial charge in [-0.15, -0.1) is 10.2 Å². The summed E-state index contributed by atoms with van der Waals surface area (Å²) in [6.07, 6.45) is 5.39. The lowest BCUT2D eigenvalue weighted by molar-refractivity contribution is 0.396. The van der Waals surface area contributed by atoms with E-state index in [2.05, 4.69) is 34.9 Å². The Hall–Kier alpha value is -2.97. The zero-order valence-corrected chi connectivity index (χ0v) is 13.6. The molecule has 1 aliphatic heterocycles. The fourth-order valence-corrected chi connectivity index (χ4v) is 2.87. The number of rotatable bonds is 3. The molecule has 3 aromatic heterocycles. The van der Waals surface area contributed by atoms with E-state index in [0.717, 1.165) is 43.5 Å². The molecule has 1 fully saturated rings. The van der Waals surface area contributed by atoms with Gasteiger partial charge in [-0.3, -0.25) is 4.40 Å². The van der Waals surface area contributed by atoms with Crippen LogP contribution in [0.15, 0.2) is 24.7 Å². The minimum absolute atomic E-state index is 0.577. The number of hydrogen-bond acceptors (Lipinski definition) is 8. The molecular weight excluding hydrogens is 308 g/mol. The van der Waals surface area contributed by atoms with Gasteiger partial charge < -0.3 is 14.5 Å². The molecule has 0 aromatic carbocycles. The topological polar surface area (TPSA) is 84.6 Å². The number of nitrogens with zero attached hydrogens (tertiary/aromatic N) is 8. The maximum atomic E-state index is 5.17. The van der Waals surface area contributed by atoms with Gasteiger partial charge in [0.2, 0.25) is 17.5 Å². The molecule has 0 atom stereocenters. The van der Waals surface area contributed by atoms with Gasteiger partial charge in [0.1, 0.15) is 5.82 Å². The zero-order chi connectivity index (χ0) is 16.5. The lowest BCUT2D eigenvalue weighted by Gasteiger charge is -2.35. The Morgan fingerprint density at radius 1 is 1.00 bits per heavy atom. The molecule has 24 heavy (non-hydrogen) atoms. The molecule has 0 N–H and O–H groups in total. The lowest BCUT2D eigenvalue weighted by Crippen LogP contribution is -2.47. The van der Waals surface area contributed by atoms with Crippen LogP contribution in [-0.2, 0) is 0 Å². The van der Waals surface area contributed by atoms with Crippen molar-refractivity contribution < 1.29 is 4.74 Å². The summed E-state index contributed by atoms with van der Waals surface area (Å²) >= 11 is 0. The molecule has 0 amide bonds. The van der Waals surface area contributed by atoms with E-state index in [9.17, 15) is 0 Å². The van der Waals surface area contributed by atoms with Gasteiger partial charge in [-0.05, 0) is 6.92 Å². The molecule has 1 saturated heterocycles. The molecule has 9 nitrogen and oxygen atoms in total. The second-order valence-corrected chi connectivity index (χ2v) is 5.56. The number of aryl methyl sites for hydroxylation is 1. The van der Waals surface area contributed by atoms with Crippen molar-refractivity contribution in [2.24, 2.45) is 0 Å². The summed E-state index contributed by atoms with van der Waals surface area (Å²) < 4.78 is 7.13. The highest BCUT2D eigenvalue weighted by molar-refractivity contribution is 5.64. The van der Waals surface area contributed by atoms with E-state index in [-0.39, 0.29) is 0 Å². The van der Waals surface area contributed by atoms with Crippen molar-refractivity contribution >= 4 is 17.4 Å². The SMILES string of the molecule is COc1ccnc(N2CCN(c3nccn4c(C)nnc34)CC2)n1. The fraction of sp³-hybridized carbons (Fsp3) is 0.400. The van der Waals surface area contributed by atoms with Gasteiger partial charge in [0.25, 0.3) is 0 Å². The average molecular weight is 326 g/mol. The molecule has 1 aliphatic rings. The molecule has 0 aliphatic carbocycles. The normalized spacial score (nSPS) is 15.1. The minimum atomic E-state index is 0.577. The second-order valence-electron chi connectivity index (χ2n) is 5.56. The van der Waals surface area contributed by atoms with Gasteiger partial charge in [-0.1, -0.05) is 0 Å². The molecule has 3 aromatic rings. The van der Waals surface area contributed by atoms with Crippen molar-refractivity contribution in [3.8, 4) is 5.88 Å². The summed E-state index contributed by atoms with van der Waals surface area (Å²) in [4.78, 5) is 17.6. The Bertz CT molecular complexity index is 856. The first-order valence-corrected chi connectivity index (χ1v) is 7.79. The van der Waals surface area contributed by atoms with Crippen LogP contribution in [0, 0.1) is 6.92 Å². The maximum absolute atomic E-state index is 5.17. The van der Waals surface area contributed by atoms with Gasteiger partial charge >= 0.3 is 0 Å². The van der Waals surface area contributed by atoms with Crippen LogP contribution in [0.2, 0.25) is 0 Å². The highest BCUT2D eigenvalue weighted by Gasteiger charge is 2.22. The first kappa shape index (κ1) is 14.6. The molecular formula is C15H18N8O. The summed E-state index contributed by atoms with van der Waals surface area (Å²) in [7, 11) is 1.61. The first-order chi connectivity index (χ1) is 11.8. The van der Waals surface area contributed by atoms with Crippen molar-refractivity contribution in [1.29, 1.82) is 0 Å². The van der Waals surface area contributed by atoms with Gasteiger partial charge in [0.05, 0.1) is 7.11 Å². The molecule has 0 radical (unpaired) electrons. The van der Waals surface area contributed by atoms with Crippen LogP contribution in [0.5, 0.6) is 5.88 Å². The summed E-state index contributed by atoms with van der Waals surface area (Å²) in [6.45, 7) is 5.19. The molecule has 4 rings (SSSR count). The molecule has 9 heteroatoms. The molecule has 0 unspecified atom stereocenters. The standard InChI is InChI=1S/C15H18N8O/c1-11-19-20-14-13(16-5-6-23(11)14)21-7-9-22(10-8-21)15-17-4-3-12(18-15)24-2/h3-6H,7-10H2,1-2H3. The Kier molecular flexibility index (Phi) is 3.60. The lowest BCUT2D eigenvalue weighted by atomic mass is 10.3. The summed E-state index contributed by atoms with van der Waals surface area (Å²) in [5, 5.41) is 8.38. The summed E-state index contributed by atoms with van der Waals surface area (Å²) in [5.41, 5.74) is 0.793. The summed E-state index contributed by atoms with van der Waals surface area (Å²) in [5.74, 6) is 2.99. The van der Waals surface area contributed by atoms with Gasteiger partial charge in [-0.2, -0.15) is 4.98 Å². The van der Waals surface area contributed by atoms with Gasteiger partial charge in [-0.25, -0.2) is 9.97 Å². The quantitative estimate of drug-likeness (QED) is 0.690. The monoisotopic (exact) mass is 326 g/mol. The molecule has 124 valence electrons. The number of ether oxygens (including phenoxy) is 1. The predicted octanol–water partition coefficient (Wildman–Crippen LogP) is 0.558. The Labute approximate surface area is 138 Å². The van der Waals surface area contributed by atoms with Crippen LogP contribution in [0.1, 0.15) is 5.82 Å². The van der Waals surface area contributed by atoms with E-state index in [1.54, 1.807) is 25.6 Å². The van der Waals surface area contributed by atoms with Crippen LogP contribution in [-0.4, -0.2) is 62.8 Å². The highest BCUT2D eigenvalue weighted by atomic mass is 16.5. The largest absolute Gasteiger partial charge is 0.481 e. The van der Waals surface area contributed by atoms with E-state index in [4.69, 9.17) is 4.74 Å². The molecule has 0 spiro atoms. The third-order valence-electron chi connectivity index (χ3n) is 4.17. The number of fused-ring (bicyclic) bond motifs is 1. The first-order valence-electron chi connectivity index (χ1n) is 7.79. The van der Waals surface area contributed by atoms with Crippen molar-refractivity contribution in [2.45, 2.75) is 6.92 Å². The fourth-order valence-electron chi connectivity index (χ4n) is 2.87. The second kappa shape index (κ2) is 5.91. The predicted molar refractivity (Wildman–Crippen MR) is 88.5 cm³/mol. The number of hydrogen-bond donors (Lipinski definition) is 0. The van der Waals surface area contributed by atoms with Crippen molar-refractivity contribution in [1.82, 2.24) is 29.5 Å². The highest BCUT2D eigenvalue weighted by Crippen LogP contribution is 2.21. The molecule has 0 bridgehead atoms. The maximum Gasteiger partial charge on any atom is 0.228 e. The van der Waals surface area contributed by atoms with Crippen molar-refractivity contribution in [3.63, 3.8) is 0 Å². The Morgan fingerprint density at radius 3 is 2.58 bits per heavy atom. The van der Waals surface area contributed by atoms with E-state index < -0.39 is 0 Å². The average Bonchev–Trinajstić information content (AvgIpc) is 3.03. The molecule has 4 heterocycles. The van der Waals surface area contributed by atoms with E-state index in [0.29, 0.717) is 11.8 Å². The van der Waals surface area contributed by atoms with Gasteiger partial charge in [0.15, 0.2) is 5.82 Å². The van der Waals surface area contributed by atoms with Crippen LogP contribution < -0.4 is 14.5 Å². The minimum Gasteiger partial charge on any atom is -0.481 e. The zero-order valence-electron chi connectivity index (χ0n) is 13.6. The smallest absolute Gasteiger partial charge is 0.228 e. The van der Waals surface area contributed by atoms with Crippen molar-refractivity contribution in [2.75, 3.05) is 43.1 Å². The van der Waals surface area contributed by atoms with E-state index >= 15 is 0 Å². The Morgan fingerprint density at radius 2 is 1.79 bits per heavy atom. The third kappa shape index (κ3) is 2.47. The van der Waals surface area contributed by atoms with Crippen LogP contribution in [0.3, 0.4) is 0 Å². The van der Waals surface area contributed by atoms with Crippen LogP contribution >= 0.6 is 0 Å². The van der Waals surface area contributed by atoms with E-state index in [1.165, 1.54) is 0 Å². The van der Waals surface area contributed by atoms with Crippen LogP contribution in [0.25, 0.3) is 5.65 Å². The van der Waals surface area contributed by atoms with Crippen LogP contribution in [0.4, 0.5) is 11.8 Å².